The number of ether oxygens (including phenoxy) is 3. The molecule has 0 aromatic carbocycles. The monoisotopic (exact) mass is 467 g/mol. The lowest BCUT2D eigenvalue weighted by Crippen LogP contribution is -2.65. The van der Waals surface area contributed by atoms with Gasteiger partial charge in [-0.3, -0.25) is 0 Å². The average Bonchev–Trinajstić information content (AvgIpc) is 2.77. The van der Waals surface area contributed by atoms with Gasteiger partial charge >= 0.3 is 0 Å². The van der Waals surface area contributed by atoms with Crippen LogP contribution in [-0.4, -0.2) is 123 Å². The zero-order valence-electron chi connectivity index (χ0n) is 16.0. The molecule has 10 atom stereocenters. The highest BCUT2D eigenvalue weighted by molar-refractivity contribution is 7.91. The highest BCUT2D eigenvalue weighted by Crippen LogP contribution is 2.32. The van der Waals surface area contributed by atoms with Gasteiger partial charge in [0.2, 0.25) is 9.84 Å². The van der Waals surface area contributed by atoms with Crippen LogP contribution in [0.4, 0.5) is 0 Å². The highest BCUT2D eigenvalue weighted by atomic mass is 32.2. The van der Waals surface area contributed by atoms with Crippen LogP contribution in [0, 0.1) is 0 Å². The molecule has 1 aromatic rings. The minimum atomic E-state index is -4.38. The van der Waals surface area contributed by atoms with Crippen molar-refractivity contribution < 1.29 is 58.4 Å². The normalized spacial score (nSPS) is 41.8. The summed E-state index contributed by atoms with van der Waals surface area (Å²) in [5, 5.41) is 69.2. The van der Waals surface area contributed by atoms with Crippen molar-refractivity contribution in [3.05, 3.63) is 24.4 Å². The van der Waals surface area contributed by atoms with E-state index in [0.29, 0.717) is 0 Å². The molecule has 0 bridgehead atoms. The third-order valence-electron chi connectivity index (χ3n) is 5.20. The molecule has 0 spiro atoms. The van der Waals surface area contributed by atoms with Crippen molar-refractivity contribution in [3.63, 3.8) is 0 Å². The lowest BCUT2D eigenvalue weighted by atomic mass is 9.97. The van der Waals surface area contributed by atoms with E-state index in [2.05, 4.69) is 4.98 Å². The molecule has 0 saturated carbocycles. The van der Waals surface area contributed by atoms with Gasteiger partial charge < -0.3 is 50.0 Å². The zero-order chi connectivity index (χ0) is 22.9. The van der Waals surface area contributed by atoms with Crippen molar-refractivity contribution in [1.29, 1.82) is 0 Å². The maximum atomic E-state index is 12.8. The fraction of sp³-hybridized carbons (Fsp3) is 0.706. The average molecular weight is 467 g/mol. The first kappa shape index (κ1) is 24.3. The Morgan fingerprint density at radius 3 is 2.13 bits per heavy atom. The van der Waals surface area contributed by atoms with Crippen molar-refractivity contribution in [1.82, 2.24) is 4.98 Å². The zero-order valence-corrected chi connectivity index (χ0v) is 16.8. The predicted molar refractivity (Wildman–Crippen MR) is 97.8 cm³/mol. The first-order chi connectivity index (χ1) is 14.6. The molecule has 0 aliphatic carbocycles. The summed E-state index contributed by atoms with van der Waals surface area (Å²) in [6.07, 6.45) is -14.1. The van der Waals surface area contributed by atoms with Crippen LogP contribution in [0.25, 0.3) is 0 Å². The van der Waals surface area contributed by atoms with Crippen molar-refractivity contribution in [2.24, 2.45) is 0 Å². The van der Waals surface area contributed by atoms with Crippen molar-refractivity contribution in [3.8, 4) is 0 Å². The minimum absolute atomic E-state index is 0.420. The van der Waals surface area contributed by atoms with Gasteiger partial charge in [0.15, 0.2) is 16.8 Å². The molecule has 2 saturated heterocycles. The molecule has 3 rings (SSSR count). The van der Waals surface area contributed by atoms with E-state index in [4.69, 9.17) is 14.2 Å². The second kappa shape index (κ2) is 9.68. The van der Waals surface area contributed by atoms with E-state index in [0.717, 1.165) is 0 Å². The Labute approximate surface area is 177 Å². The van der Waals surface area contributed by atoms with Gasteiger partial charge in [-0.2, -0.15) is 0 Å². The maximum absolute atomic E-state index is 12.8. The summed E-state index contributed by atoms with van der Waals surface area (Å²) in [6, 6.07) is 4.05. The molecule has 176 valence electrons. The summed E-state index contributed by atoms with van der Waals surface area (Å²) in [4.78, 5) is 3.71. The van der Waals surface area contributed by atoms with Crippen LogP contribution in [0.15, 0.2) is 29.4 Å². The van der Waals surface area contributed by atoms with Crippen LogP contribution in [0.1, 0.15) is 0 Å². The lowest BCUT2D eigenvalue weighted by Gasteiger charge is -2.45. The molecule has 3 heterocycles. The van der Waals surface area contributed by atoms with E-state index in [-0.39, 0.29) is 0 Å². The first-order valence-electron chi connectivity index (χ1n) is 9.36. The smallest absolute Gasteiger partial charge is 0.225 e. The Morgan fingerprint density at radius 2 is 1.55 bits per heavy atom. The van der Waals surface area contributed by atoms with Crippen LogP contribution >= 0.6 is 0 Å². The van der Waals surface area contributed by atoms with Gasteiger partial charge in [-0.15, -0.1) is 0 Å². The molecule has 0 amide bonds. The molecule has 31 heavy (non-hydrogen) atoms. The quantitative estimate of drug-likeness (QED) is 0.210. The summed E-state index contributed by atoms with van der Waals surface area (Å²) in [7, 11) is -4.38. The molecule has 2 fully saturated rings. The summed E-state index contributed by atoms with van der Waals surface area (Å²) >= 11 is 0. The summed E-state index contributed by atoms with van der Waals surface area (Å²) in [5.74, 6) is 0. The van der Waals surface area contributed by atoms with Crippen molar-refractivity contribution in [2.75, 3.05) is 13.2 Å². The largest absolute Gasteiger partial charge is 0.394 e. The highest BCUT2D eigenvalue weighted by Gasteiger charge is 2.53. The number of sulfone groups is 1. The fourth-order valence-corrected chi connectivity index (χ4v) is 4.98. The summed E-state index contributed by atoms with van der Waals surface area (Å²) < 4.78 is 41.4. The molecule has 2 aliphatic rings. The van der Waals surface area contributed by atoms with Crippen LogP contribution in [0.5, 0.6) is 0 Å². The number of pyridine rings is 1. The molecule has 14 heteroatoms. The second-order valence-electron chi connectivity index (χ2n) is 7.22. The number of hydrogen-bond donors (Lipinski definition) is 7. The molecular weight excluding hydrogens is 442 g/mol. The van der Waals surface area contributed by atoms with Gasteiger partial charge in [-0.1, -0.05) is 6.07 Å². The van der Waals surface area contributed by atoms with Gasteiger partial charge in [0, 0.05) is 6.20 Å². The minimum Gasteiger partial charge on any atom is -0.394 e. The molecule has 2 aliphatic heterocycles. The van der Waals surface area contributed by atoms with E-state index in [1.165, 1.54) is 24.4 Å². The number of aliphatic hydroxyl groups is 7. The molecule has 0 radical (unpaired) electrons. The van der Waals surface area contributed by atoms with E-state index in [9.17, 15) is 44.2 Å². The third-order valence-corrected chi connectivity index (χ3v) is 7.02. The Bertz CT molecular complexity index is 822. The SMILES string of the molecule is O=S(=O)(c1ccccn1)C1O[C@H](CO)[C@@H](O[C@@H]2O[C@H](CO)[C@H](O)[C@H](O)[C@H]2O)[C@H](O)[C@H]1O. The first-order valence-corrected chi connectivity index (χ1v) is 10.9. The van der Waals surface area contributed by atoms with E-state index < -0.39 is 88.6 Å². The third kappa shape index (κ3) is 4.60. The molecule has 7 N–H and O–H groups in total. The van der Waals surface area contributed by atoms with Crippen molar-refractivity contribution in [2.45, 2.75) is 65.6 Å². The van der Waals surface area contributed by atoms with Gasteiger partial charge in [-0.05, 0) is 12.1 Å². The Morgan fingerprint density at radius 1 is 0.871 bits per heavy atom. The molecule has 13 nitrogen and oxygen atoms in total. The Balaban J connectivity index is 1.81. The summed E-state index contributed by atoms with van der Waals surface area (Å²) in [5.41, 5.74) is -1.98. The predicted octanol–water partition coefficient (Wildman–Crippen LogP) is -4.52. The Kier molecular flexibility index (Phi) is 7.60. The van der Waals surface area contributed by atoms with Gasteiger partial charge in [-0.25, -0.2) is 13.4 Å². The van der Waals surface area contributed by atoms with Crippen LogP contribution in [0.3, 0.4) is 0 Å². The van der Waals surface area contributed by atoms with Crippen molar-refractivity contribution >= 4 is 9.84 Å². The van der Waals surface area contributed by atoms with Crippen LogP contribution < -0.4 is 0 Å². The molecular formula is C17H25NO12S. The number of nitrogens with zero attached hydrogens (tertiary/aromatic N) is 1. The number of aliphatic hydroxyl groups excluding tert-OH is 7. The van der Waals surface area contributed by atoms with Gasteiger partial charge in [0.25, 0.3) is 0 Å². The van der Waals surface area contributed by atoms with Gasteiger partial charge in [0.05, 0.1) is 13.2 Å². The maximum Gasteiger partial charge on any atom is 0.225 e. The fourth-order valence-electron chi connectivity index (χ4n) is 3.45. The van der Waals surface area contributed by atoms with Gasteiger partial charge in [0.1, 0.15) is 48.8 Å². The summed E-state index contributed by atoms with van der Waals surface area (Å²) in [6.45, 7) is -1.58. The number of aromatic nitrogens is 1. The van der Waals surface area contributed by atoms with Crippen LogP contribution in [-0.2, 0) is 24.0 Å². The van der Waals surface area contributed by atoms with E-state index >= 15 is 0 Å². The number of hydrogen-bond acceptors (Lipinski definition) is 13. The van der Waals surface area contributed by atoms with Crippen LogP contribution in [0.2, 0.25) is 0 Å². The van der Waals surface area contributed by atoms with E-state index in [1.807, 2.05) is 0 Å². The molecule has 1 aromatic heterocycles. The van der Waals surface area contributed by atoms with E-state index in [1.54, 1.807) is 0 Å². The topological polar surface area (TPSA) is 216 Å². The Hall–Kier alpha value is -1.30. The number of rotatable bonds is 6. The standard InChI is InChI=1S/C17H25NO12S/c19-5-7-10(21)11(22)13(24)16(28-7)30-15-8(6-20)29-17(14(25)12(15)23)31(26,27)9-3-1-2-4-18-9/h1-4,7-8,10-17,19-25H,5-6H2/t7-,8-,10+,11+,12-,13-,14-,15-,16+,17?/m1/s1. The lowest BCUT2D eigenvalue weighted by molar-refractivity contribution is -0.338. The second-order valence-corrected chi connectivity index (χ2v) is 9.19. The molecule has 1 unspecified atom stereocenters.